The first-order valence-corrected chi connectivity index (χ1v) is 7.70. The average molecular weight is 354 g/mol. The van der Waals surface area contributed by atoms with E-state index in [9.17, 15) is 4.39 Å². The van der Waals surface area contributed by atoms with Crippen LogP contribution < -0.4 is 5.32 Å². The Bertz CT molecular complexity index is 656. The maximum atomic E-state index is 13.5. The van der Waals surface area contributed by atoms with Gasteiger partial charge in [-0.3, -0.25) is 4.68 Å². The predicted octanol–water partition coefficient (Wildman–Crippen LogP) is 4.54. The van der Waals surface area contributed by atoms with E-state index in [1.165, 1.54) is 6.07 Å². The molecule has 5 heteroatoms. The Morgan fingerprint density at radius 2 is 2.00 bits per heavy atom. The maximum absolute atomic E-state index is 13.5. The van der Waals surface area contributed by atoms with Crippen molar-refractivity contribution in [3.63, 3.8) is 0 Å². The second kappa shape index (κ2) is 5.79. The van der Waals surface area contributed by atoms with E-state index in [0.717, 1.165) is 22.5 Å². The Labute approximate surface area is 133 Å². The van der Waals surface area contributed by atoms with Crippen molar-refractivity contribution in [3.05, 3.63) is 45.4 Å². The number of rotatable bonds is 3. The minimum absolute atomic E-state index is 0.00328. The molecule has 2 rings (SSSR count). The van der Waals surface area contributed by atoms with Gasteiger partial charge in [-0.25, -0.2) is 4.39 Å². The highest BCUT2D eigenvalue weighted by Gasteiger charge is 2.21. The molecule has 1 aromatic carbocycles. The highest BCUT2D eigenvalue weighted by molar-refractivity contribution is 9.10. The summed E-state index contributed by atoms with van der Waals surface area (Å²) in [5.74, 6) is -0.241. The SMILES string of the molecule is Cc1cc(F)c(Br)cc1NCc1cn(C)nc1C(C)(C)C. The minimum Gasteiger partial charge on any atom is -0.381 e. The number of nitrogens with one attached hydrogen (secondary N) is 1. The first-order valence-electron chi connectivity index (χ1n) is 6.91. The second-order valence-corrected chi connectivity index (χ2v) is 7.22. The third kappa shape index (κ3) is 3.64. The van der Waals surface area contributed by atoms with Crippen LogP contribution in [0.3, 0.4) is 0 Å². The number of halogens is 2. The Morgan fingerprint density at radius 1 is 1.33 bits per heavy atom. The molecule has 0 aliphatic carbocycles. The monoisotopic (exact) mass is 353 g/mol. The molecule has 0 aliphatic rings. The first kappa shape index (κ1) is 16.0. The lowest BCUT2D eigenvalue weighted by Gasteiger charge is -2.18. The normalized spacial score (nSPS) is 11.8. The summed E-state index contributed by atoms with van der Waals surface area (Å²) in [7, 11) is 1.93. The molecule has 0 unspecified atom stereocenters. The molecule has 0 fully saturated rings. The van der Waals surface area contributed by atoms with E-state index in [1.807, 2.05) is 24.9 Å². The molecular formula is C16H21BrFN3. The summed E-state index contributed by atoms with van der Waals surface area (Å²) in [6.07, 6.45) is 2.03. The topological polar surface area (TPSA) is 29.9 Å². The van der Waals surface area contributed by atoms with E-state index in [0.29, 0.717) is 11.0 Å². The van der Waals surface area contributed by atoms with Crippen molar-refractivity contribution in [2.45, 2.75) is 39.7 Å². The van der Waals surface area contributed by atoms with E-state index in [-0.39, 0.29) is 11.2 Å². The Hall–Kier alpha value is -1.36. The van der Waals surface area contributed by atoms with Crippen LogP contribution in [-0.4, -0.2) is 9.78 Å². The molecular weight excluding hydrogens is 333 g/mol. The fraction of sp³-hybridized carbons (Fsp3) is 0.438. The first-order chi connectivity index (χ1) is 9.68. The smallest absolute Gasteiger partial charge is 0.137 e. The molecule has 1 N–H and O–H groups in total. The third-order valence-corrected chi connectivity index (χ3v) is 3.96. The molecule has 0 radical (unpaired) electrons. The van der Waals surface area contributed by atoms with Crippen molar-refractivity contribution in [1.29, 1.82) is 0 Å². The zero-order valence-electron chi connectivity index (χ0n) is 13.1. The summed E-state index contributed by atoms with van der Waals surface area (Å²) >= 11 is 3.23. The van der Waals surface area contributed by atoms with Gasteiger partial charge in [-0.2, -0.15) is 5.10 Å². The Morgan fingerprint density at radius 3 is 2.62 bits per heavy atom. The van der Waals surface area contributed by atoms with Gasteiger partial charge in [0.1, 0.15) is 5.82 Å². The lowest BCUT2D eigenvalue weighted by Crippen LogP contribution is -2.16. The number of benzene rings is 1. The number of aryl methyl sites for hydroxylation is 2. The Kier molecular flexibility index (Phi) is 4.42. The van der Waals surface area contributed by atoms with Gasteiger partial charge in [0.15, 0.2) is 0 Å². The fourth-order valence-corrected chi connectivity index (χ4v) is 2.67. The van der Waals surface area contributed by atoms with Gasteiger partial charge in [0.05, 0.1) is 10.2 Å². The van der Waals surface area contributed by atoms with Crippen LogP contribution in [0.4, 0.5) is 10.1 Å². The number of aromatic nitrogens is 2. The highest BCUT2D eigenvalue weighted by atomic mass is 79.9. The van der Waals surface area contributed by atoms with Crippen molar-refractivity contribution in [3.8, 4) is 0 Å². The molecule has 0 aliphatic heterocycles. The molecule has 2 aromatic rings. The predicted molar refractivity (Wildman–Crippen MR) is 88.1 cm³/mol. The van der Waals surface area contributed by atoms with E-state index in [4.69, 9.17) is 0 Å². The van der Waals surface area contributed by atoms with Crippen LogP contribution in [0.2, 0.25) is 0 Å². The van der Waals surface area contributed by atoms with Crippen LogP contribution in [-0.2, 0) is 19.0 Å². The van der Waals surface area contributed by atoms with Gasteiger partial charge >= 0.3 is 0 Å². The molecule has 0 amide bonds. The largest absolute Gasteiger partial charge is 0.381 e. The summed E-state index contributed by atoms with van der Waals surface area (Å²) in [6, 6.07) is 3.30. The summed E-state index contributed by atoms with van der Waals surface area (Å²) in [5.41, 5.74) is 4.04. The van der Waals surface area contributed by atoms with Crippen molar-refractivity contribution in [2.75, 3.05) is 5.32 Å². The molecule has 0 saturated carbocycles. The number of hydrogen-bond acceptors (Lipinski definition) is 2. The molecule has 3 nitrogen and oxygen atoms in total. The van der Waals surface area contributed by atoms with Crippen molar-refractivity contribution in [2.24, 2.45) is 7.05 Å². The zero-order chi connectivity index (χ0) is 15.8. The molecule has 21 heavy (non-hydrogen) atoms. The summed E-state index contributed by atoms with van der Waals surface area (Å²) in [5, 5.41) is 7.93. The molecule has 114 valence electrons. The second-order valence-electron chi connectivity index (χ2n) is 6.36. The van der Waals surface area contributed by atoms with Crippen molar-refractivity contribution < 1.29 is 4.39 Å². The minimum atomic E-state index is -0.241. The van der Waals surface area contributed by atoms with Gasteiger partial charge in [0.2, 0.25) is 0 Å². The Balaban J connectivity index is 2.23. The number of anilines is 1. The van der Waals surface area contributed by atoms with Crippen LogP contribution in [0.1, 0.15) is 37.6 Å². The van der Waals surface area contributed by atoms with E-state index in [2.05, 4.69) is 47.1 Å². The van der Waals surface area contributed by atoms with E-state index in [1.54, 1.807) is 6.07 Å². The van der Waals surface area contributed by atoms with Crippen LogP contribution in [0.25, 0.3) is 0 Å². The van der Waals surface area contributed by atoms with Gasteiger partial charge < -0.3 is 5.32 Å². The zero-order valence-corrected chi connectivity index (χ0v) is 14.7. The molecule has 0 atom stereocenters. The van der Waals surface area contributed by atoms with Gasteiger partial charge in [-0.05, 0) is 40.5 Å². The molecule has 1 heterocycles. The van der Waals surface area contributed by atoms with Crippen molar-refractivity contribution >= 4 is 21.6 Å². The highest BCUT2D eigenvalue weighted by Crippen LogP contribution is 2.27. The molecule has 1 aromatic heterocycles. The number of nitrogens with zero attached hydrogens (tertiary/aromatic N) is 2. The van der Waals surface area contributed by atoms with Gasteiger partial charge in [0, 0.05) is 36.5 Å². The van der Waals surface area contributed by atoms with Crippen LogP contribution >= 0.6 is 15.9 Å². The quantitative estimate of drug-likeness (QED) is 0.877. The summed E-state index contributed by atoms with van der Waals surface area (Å²) < 4.78 is 15.8. The van der Waals surface area contributed by atoms with Gasteiger partial charge in [0.25, 0.3) is 0 Å². The lowest BCUT2D eigenvalue weighted by atomic mass is 9.89. The fourth-order valence-electron chi connectivity index (χ4n) is 2.33. The lowest BCUT2D eigenvalue weighted by molar-refractivity contribution is 0.549. The van der Waals surface area contributed by atoms with E-state index < -0.39 is 0 Å². The molecule has 0 saturated heterocycles. The average Bonchev–Trinajstić information content (AvgIpc) is 2.73. The van der Waals surface area contributed by atoms with Crippen LogP contribution in [0, 0.1) is 12.7 Å². The number of hydrogen-bond donors (Lipinski definition) is 1. The van der Waals surface area contributed by atoms with E-state index >= 15 is 0 Å². The summed E-state index contributed by atoms with van der Waals surface area (Å²) in [6.45, 7) is 9.01. The van der Waals surface area contributed by atoms with Gasteiger partial charge in [-0.1, -0.05) is 20.8 Å². The summed E-state index contributed by atoms with van der Waals surface area (Å²) in [4.78, 5) is 0. The third-order valence-electron chi connectivity index (χ3n) is 3.35. The van der Waals surface area contributed by atoms with Crippen LogP contribution in [0.15, 0.2) is 22.8 Å². The van der Waals surface area contributed by atoms with Crippen molar-refractivity contribution in [1.82, 2.24) is 9.78 Å². The molecule has 0 bridgehead atoms. The van der Waals surface area contributed by atoms with Gasteiger partial charge in [-0.15, -0.1) is 0 Å². The standard InChI is InChI=1S/C16H21BrFN3/c1-10-6-13(18)12(17)7-14(10)19-8-11-9-21(5)20-15(11)16(2,3)4/h6-7,9,19H,8H2,1-5H3. The maximum Gasteiger partial charge on any atom is 0.137 e. The molecule has 0 spiro atoms. The van der Waals surface area contributed by atoms with Crippen LogP contribution in [0.5, 0.6) is 0 Å².